The number of carbonyl (C=O) groups excluding carboxylic acids is 1. The lowest BCUT2D eigenvalue weighted by atomic mass is 9.96. The third-order valence-electron chi connectivity index (χ3n) is 4.39. The van der Waals surface area contributed by atoms with Gasteiger partial charge < -0.3 is 14.7 Å². The minimum Gasteiger partial charge on any atom is -0.491 e. The van der Waals surface area contributed by atoms with Gasteiger partial charge in [0.1, 0.15) is 22.8 Å². The molecule has 24 heavy (non-hydrogen) atoms. The Balaban J connectivity index is 1.60. The number of aromatic nitrogens is 1. The Morgan fingerprint density at radius 1 is 1.33 bits per heavy atom. The molecule has 0 bridgehead atoms. The van der Waals surface area contributed by atoms with Crippen LogP contribution in [0.2, 0.25) is 0 Å². The van der Waals surface area contributed by atoms with Gasteiger partial charge in [-0.05, 0) is 38.3 Å². The second kappa shape index (κ2) is 7.32. The number of aliphatic hydroxyl groups is 1. The number of ether oxygens (including phenoxy) is 1. The average Bonchev–Trinajstić information content (AvgIpc) is 2.92. The molecule has 128 valence electrons. The van der Waals surface area contributed by atoms with Gasteiger partial charge in [-0.2, -0.15) is 0 Å². The molecule has 6 heteroatoms. The Morgan fingerprint density at radius 2 is 2.12 bits per heavy atom. The van der Waals surface area contributed by atoms with Crippen molar-refractivity contribution < 1.29 is 14.6 Å². The van der Waals surface area contributed by atoms with Crippen LogP contribution in [0, 0.1) is 6.92 Å². The van der Waals surface area contributed by atoms with E-state index < -0.39 is 5.60 Å². The average molecular weight is 346 g/mol. The van der Waals surface area contributed by atoms with Gasteiger partial charge in [-0.3, -0.25) is 4.79 Å². The minimum absolute atomic E-state index is 0.0169. The van der Waals surface area contributed by atoms with Gasteiger partial charge in [0.15, 0.2) is 0 Å². The summed E-state index contributed by atoms with van der Waals surface area (Å²) in [4.78, 5) is 19.3. The van der Waals surface area contributed by atoms with Crippen LogP contribution < -0.4 is 4.74 Å². The number of nitrogens with zero attached hydrogens (tertiary/aromatic N) is 2. The Bertz CT molecular complexity index is 689. The van der Waals surface area contributed by atoms with Crippen molar-refractivity contribution in [2.45, 2.75) is 31.8 Å². The summed E-state index contributed by atoms with van der Waals surface area (Å²) in [5.41, 5.74) is 1.58. The normalized spacial score (nSPS) is 21.3. The zero-order valence-corrected chi connectivity index (χ0v) is 14.6. The molecule has 0 spiro atoms. The lowest BCUT2D eigenvalue weighted by Crippen LogP contribution is -2.38. The van der Waals surface area contributed by atoms with E-state index in [2.05, 4.69) is 4.98 Å². The standard InChI is InChI=1S/C18H22N2O3S/c1-14-16(24-13-19-14)17(21)20-10-5-8-18(22,9-11-20)12-23-15-6-3-2-4-7-15/h2-4,6-7,13,22H,5,8-12H2,1H3. The number of likely N-dealkylation sites (tertiary alicyclic amines) is 1. The predicted octanol–water partition coefficient (Wildman–Crippen LogP) is 2.89. The van der Waals surface area contributed by atoms with Crippen molar-refractivity contribution in [1.82, 2.24) is 9.88 Å². The van der Waals surface area contributed by atoms with Crippen LogP contribution >= 0.6 is 11.3 Å². The van der Waals surface area contributed by atoms with Crippen molar-refractivity contribution in [1.29, 1.82) is 0 Å². The summed E-state index contributed by atoms with van der Waals surface area (Å²) >= 11 is 1.38. The first-order valence-corrected chi connectivity index (χ1v) is 9.05. The highest BCUT2D eigenvalue weighted by molar-refractivity contribution is 7.11. The maximum Gasteiger partial charge on any atom is 0.265 e. The van der Waals surface area contributed by atoms with Crippen molar-refractivity contribution in [3.63, 3.8) is 0 Å². The van der Waals surface area contributed by atoms with Crippen LogP contribution in [0.3, 0.4) is 0 Å². The van der Waals surface area contributed by atoms with E-state index in [9.17, 15) is 9.90 Å². The number of aryl methyl sites for hydroxylation is 1. The molecule has 0 aliphatic carbocycles. The number of benzene rings is 1. The number of hydrogen-bond donors (Lipinski definition) is 1. The molecule has 1 unspecified atom stereocenters. The molecule has 2 aromatic rings. The fourth-order valence-corrected chi connectivity index (χ4v) is 3.68. The summed E-state index contributed by atoms with van der Waals surface area (Å²) in [5.74, 6) is 0.770. The maximum absolute atomic E-state index is 12.6. The maximum atomic E-state index is 12.6. The quantitative estimate of drug-likeness (QED) is 0.925. The van der Waals surface area contributed by atoms with E-state index in [1.807, 2.05) is 42.2 Å². The lowest BCUT2D eigenvalue weighted by Gasteiger charge is -2.27. The molecule has 1 aliphatic rings. The van der Waals surface area contributed by atoms with E-state index in [1.54, 1.807) is 5.51 Å². The molecule has 5 nitrogen and oxygen atoms in total. The monoisotopic (exact) mass is 346 g/mol. The molecular weight excluding hydrogens is 324 g/mol. The molecule has 3 rings (SSSR count). The number of hydrogen-bond acceptors (Lipinski definition) is 5. The van der Waals surface area contributed by atoms with Crippen LogP contribution in [0.1, 0.15) is 34.6 Å². The van der Waals surface area contributed by atoms with Gasteiger partial charge in [0.05, 0.1) is 11.2 Å². The van der Waals surface area contributed by atoms with Crippen molar-refractivity contribution in [2.75, 3.05) is 19.7 Å². The molecule has 1 atom stereocenters. The highest BCUT2D eigenvalue weighted by Gasteiger charge is 2.33. The van der Waals surface area contributed by atoms with E-state index in [0.717, 1.165) is 17.9 Å². The van der Waals surface area contributed by atoms with E-state index in [0.29, 0.717) is 30.8 Å². The summed E-state index contributed by atoms with van der Waals surface area (Å²) in [6.07, 6.45) is 1.91. The highest BCUT2D eigenvalue weighted by Crippen LogP contribution is 2.25. The van der Waals surface area contributed by atoms with Crippen LogP contribution in [0.15, 0.2) is 35.8 Å². The van der Waals surface area contributed by atoms with Gasteiger partial charge >= 0.3 is 0 Å². The van der Waals surface area contributed by atoms with Gasteiger partial charge in [0.2, 0.25) is 0 Å². The Morgan fingerprint density at radius 3 is 2.83 bits per heavy atom. The number of para-hydroxylation sites is 1. The fourth-order valence-electron chi connectivity index (χ4n) is 2.91. The minimum atomic E-state index is -0.895. The van der Waals surface area contributed by atoms with Crippen LogP contribution in [-0.4, -0.2) is 46.2 Å². The van der Waals surface area contributed by atoms with Crippen LogP contribution in [0.4, 0.5) is 0 Å². The fraction of sp³-hybridized carbons (Fsp3) is 0.444. The molecule has 1 aromatic heterocycles. The Hall–Kier alpha value is -1.92. The SMILES string of the molecule is Cc1ncsc1C(=O)N1CCCC(O)(COc2ccccc2)CC1. The van der Waals surface area contributed by atoms with Gasteiger partial charge in [-0.1, -0.05) is 18.2 Å². The molecule has 1 aliphatic heterocycles. The third-order valence-corrected chi connectivity index (χ3v) is 5.31. The van der Waals surface area contributed by atoms with Crippen LogP contribution in [0.5, 0.6) is 5.75 Å². The lowest BCUT2D eigenvalue weighted by molar-refractivity contribution is -0.0163. The van der Waals surface area contributed by atoms with E-state index in [1.165, 1.54) is 11.3 Å². The molecule has 0 saturated carbocycles. The van der Waals surface area contributed by atoms with Gasteiger partial charge in [0.25, 0.3) is 5.91 Å². The molecule has 1 N–H and O–H groups in total. The van der Waals surface area contributed by atoms with Crippen molar-refractivity contribution >= 4 is 17.2 Å². The van der Waals surface area contributed by atoms with E-state index >= 15 is 0 Å². The summed E-state index contributed by atoms with van der Waals surface area (Å²) < 4.78 is 5.73. The predicted molar refractivity (Wildman–Crippen MR) is 93.5 cm³/mol. The topological polar surface area (TPSA) is 62.7 Å². The zero-order valence-electron chi connectivity index (χ0n) is 13.8. The molecule has 1 fully saturated rings. The molecule has 1 amide bonds. The summed E-state index contributed by atoms with van der Waals surface area (Å²) in [6, 6.07) is 9.50. The second-order valence-corrected chi connectivity index (χ2v) is 7.09. The molecule has 1 saturated heterocycles. The Kier molecular flexibility index (Phi) is 5.16. The molecule has 0 radical (unpaired) electrons. The first-order chi connectivity index (χ1) is 11.6. The first kappa shape index (κ1) is 16.9. The van der Waals surface area contributed by atoms with Crippen LogP contribution in [-0.2, 0) is 0 Å². The summed E-state index contributed by atoms with van der Waals surface area (Å²) in [5, 5.41) is 10.8. The van der Waals surface area contributed by atoms with Gasteiger partial charge in [-0.25, -0.2) is 4.98 Å². The number of rotatable bonds is 4. The second-order valence-electron chi connectivity index (χ2n) is 6.24. The van der Waals surface area contributed by atoms with Crippen molar-refractivity contribution in [3.8, 4) is 5.75 Å². The van der Waals surface area contributed by atoms with Gasteiger partial charge in [-0.15, -0.1) is 11.3 Å². The van der Waals surface area contributed by atoms with Gasteiger partial charge in [0, 0.05) is 13.1 Å². The number of amides is 1. The third kappa shape index (κ3) is 3.94. The number of carbonyl (C=O) groups is 1. The van der Waals surface area contributed by atoms with E-state index in [4.69, 9.17) is 4.74 Å². The van der Waals surface area contributed by atoms with Crippen molar-refractivity contribution in [3.05, 3.63) is 46.4 Å². The summed E-state index contributed by atoms with van der Waals surface area (Å²) in [7, 11) is 0. The molecule has 2 heterocycles. The summed E-state index contributed by atoms with van der Waals surface area (Å²) in [6.45, 7) is 3.29. The molecular formula is C18H22N2O3S. The molecule has 1 aromatic carbocycles. The smallest absolute Gasteiger partial charge is 0.265 e. The van der Waals surface area contributed by atoms with Crippen molar-refractivity contribution in [2.24, 2.45) is 0 Å². The Labute approximate surface area is 145 Å². The first-order valence-electron chi connectivity index (χ1n) is 8.17. The zero-order chi connectivity index (χ0) is 17.0. The highest BCUT2D eigenvalue weighted by atomic mass is 32.1. The number of thiazole rings is 1. The van der Waals surface area contributed by atoms with E-state index in [-0.39, 0.29) is 12.5 Å². The van der Waals surface area contributed by atoms with Crippen LogP contribution in [0.25, 0.3) is 0 Å². The largest absolute Gasteiger partial charge is 0.491 e.